The van der Waals surface area contributed by atoms with E-state index in [1.54, 1.807) is 6.07 Å². The molecule has 0 saturated heterocycles. The maximum atomic E-state index is 13.5. The van der Waals surface area contributed by atoms with E-state index < -0.39 is 5.54 Å². The molecule has 0 aromatic heterocycles. The third-order valence-corrected chi connectivity index (χ3v) is 5.18. The van der Waals surface area contributed by atoms with Gasteiger partial charge in [-0.25, -0.2) is 5.01 Å². The van der Waals surface area contributed by atoms with Gasteiger partial charge in [-0.1, -0.05) is 17.2 Å². The highest BCUT2D eigenvalue weighted by atomic mass is 16.5. The molecular formula is C24H30N2O3. The van der Waals surface area contributed by atoms with Crippen molar-refractivity contribution in [3.05, 3.63) is 63.7 Å². The third kappa shape index (κ3) is 4.29. The van der Waals surface area contributed by atoms with Crippen LogP contribution in [-0.2, 0) is 6.42 Å². The van der Waals surface area contributed by atoms with Crippen molar-refractivity contribution in [2.24, 2.45) is 0 Å². The molecule has 0 radical (unpaired) electrons. The van der Waals surface area contributed by atoms with Crippen LogP contribution >= 0.6 is 0 Å². The minimum Gasteiger partial charge on any atom is -0.490 e. The number of ether oxygens (including phenoxy) is 1. The van der Waals surface area contributed by atoms with Gasteiger partial charge in [0.15, 0.2) is 0 Å². The van der Waals surface area contributed by atoms with Gasteiger partial charge >= 0.3 is 0 Å². The number of carbonyl (C=O) groups excluding carboxylic acids is 2. The quantitative estimate of drug-likeness (QED) is 0.762. The number of aryl methyl sites for hydroxylation is 2. The van der Waals surface area contributed by atoms with Crippen molar-refractivity contribution in [2.75, 3.05) is 0 Å². The van der Waals surface area contributed by atoms with E-state index in [0.29, 0.717) is 11.1 Å². The average Bonchev–Trinajstić information content (AvgIpc) is 2.98. The molecule has 5 heteroatoms. The molecule has 1 heterocycles. The number of nitrogens with one attached hydrogen (secondary N) is 1. The monoisotopic (exact) mass is 394 g/mol. The molecule has 2 aromatic carbocycles. The number of carbonyl (C=O) groups is 2. The second-order valence-corrected chi connectivity index (χ2v) is 8.98. The van der Waals surface area contributed by atoms with Crippen LogP contribution in [0.1, 0.15) is 70.7 Å². The van der Waals surface area contributed by atoms with Crippen molar-refractivity contribution in [1.82, 2.24) is 10.4 Å². The number of hydrazine groups is 1. The molecule has 0 spiro atoms. The minimum absolute atomic E-state index is 0.108. The van der Waals surface area contributed by atoms with Gasteiger partial charge in [-0.3, -0.25) is 15.0 Å². The zero-order valence-electron chi connectivity index (χ0n) is 18.3. The molecule has 0 fully saturated rings. The molecule has 1 unspecified atom stereocenters. The number of hydrogen-bond acceptors (Lipinski definition) is 3. The summed E-state index contributed by atoms with van der Waals surface area (Å²) >= 11 is 0. The largest absolute Gasteiger partial charge is 0.490 e. The molecule has 1 aliphatic heterocycles. The maximum absolute atomic E-state index is 13.5. The molecule has 3 rings (SSSR count). The van der Waals surface area contributed by atoms with Crippen molar-refractivity contribution in [3.8, 4) is 5.75 Å². The van der Waals surface area contributed by atoms with Crippen molar-refractivity contribution in [2.45, 2.75) is 66.5 Å². The number of amides is 2. The van der Waals surface area contributed by atoms with E-state index in [0.717, 1.165) is 34.4 Å². The fourth-order valence-electron chi connectivity index (χ4n) is 3.79. The first-order chi connectivity index (χ1) is 13.5. The van der Waals surface area contributed by atoms with Crippen LogP contribution in [0.4, 0.5) is 0 Å². The Kier molecular flexibility index (Phi) is 5.44. The molecule has 154 valence electrons. The summed E-state index contributed by atoms with van der Waals surface area (Å²) < 4.78 is 5.80. The number of hydrogen-bond donors (Lipinski definition) is 1. The van der Waals surface area contributed by atoms with Gasteiger partial charge in [-0.15, -0.1) is 0 Å². The lowest BCUT2D eigenvalue weighted by Crippen LogP contribution is -2.56. The Morgan fingerprint density at radius 3 is 2.28 bits per heavy atom. The van der Waals surface area contributed by atoms with Gasteiger partial charge in [0.1, 0.15) is 11.9 Å². The average molecular weight is 395 g/mol. The first-order valence-corrected chi connectivity index (χ1v) is 10.0. The van der Waals surface area contributed by atoms with E-state index in [9.17, 15) is 9.59 Å². The molecule has 5 nitrogen and oxygen atoms in total. The second kappa shape index (κ2) is 7.54. The summed E-state index contributed by atoms with van der Waals surface area (Å²) in [6, 6.07) is 9.31. The van der Waals surface area contributed by atoms with Crippen LogP contribution in [0.15, 0.2) is 30.3 Å². The summed E-state index contributed by atoms with van der Waals surface area (Å²) in [6.45, 7) is 13.6. The van der Waals surface area contributed by atoms with E-state index >= 15 is 0 Å². The molecule has 0 aliphatic carbocycles. The van der Waals surface area contributed by atoms with Crippen LogP contribution in [0.5, 0.6) is 5.75 Å². The molecule has 1 atom stereocenters. The Bertz CT molecular complexity index is 953. The SMILES string of the molecule is Cc1cc(C)cc(C(=O)NN(C(=O)c2ccc3c(c2C)CC(C)O3)C(C)(C)C)c1. The van der Waals surface area contributed by atoms with Gasteiger partial charge in [0.05, 0.1) is 5.54 Å². The van der Waals surface area contributed by atoms with E-state index in [2.05, 4.69) is 5.43 Å². The number of fused-ring (bicyclic) bond motifs is 1. The van der Waals surface area contributed by atoms with Gasteiger partial charge in [0.25, 0.3) is 11.8 Å². The highest BCUT2D eigenvalue weighted by Gasteiger charge is 2.32. The summed E-state index contributed by atoms with van der Waals surface area (Å²) in [7, 11) is 0. The first kappa shape index (κ1) is 20.9. The van der Waals surface area contributed by atoms with Gasteiger partial charge in [0, 0.05) is 23.1 Å². The predicted octanol–water partition coefficient (Wildman–Crippen LogP) is 4.52. The maximum Gasteiger partial charge on any atom is 0.273 e. The molecule has 0 saturated carbocycles. The Labute approximate surface area is 173 Å². The summed E-state index contributed by atoms with van der Waals surface area (Å²) in [5, 5.41) is 1.43. The predicted molar refractivity (Wildman–Crippen MR) is 114 cm³/mol. The van der Waals surface area contributed by atoms with E-state index in [1.807, 2.05) is 72.7 Å². The summed E-state index contributed by atoms with van der Waals surface area (Å²) in [6.07, 6.45) is 0.893. The van der Waals surface area contributed by atoms with Crippen LogP contribution in [0.2, 0.25) is 0 Å². The summed E-state index contributed by atoms with van der Waals surface area (Å²) in [5.41, 5.74) is 7.36. The van der Waals surface area contributed by atoms with Gasteiger partial charge in [-0.2, -0.15) is 0 Å². The third-order valence-electron chi connectivity index (χ3n) is 5.18. The molecule has 29 heavy (non-hydrogen) atoms. The van der Waals surface area contributed by atoms with Gasteiger partial charge in [0.2, 0.25) is 0 Å². The van der Waals surface area contributed by atoms with E-state index in [4.69, 9.17) is 4.74 Å². The standard InChI is InChI=1S/C24H30N2O3/c1-14-10-15(2)12-18(11-14)22(27)25-26(24(5,6)7)23(28)19-8-9-21-20(17(19)4)13-16(3)29-21/h8-12,16H,13H2,1-7H3,(H,25,27). The molecule has 2 amide bonds. The highest BCUT2D eigenvalue weighted by Crippen LogP contribution is 2.34. The zero-order chi connectivity index (χ0) is 21.5. The van der Waals surface area contributed by atoms with Crippen LogP contribution in [0, 0.1) is 20.8 Å². The lowest BCUT2D eigenvalue weighted by Gasteiger charge is -2.36. The normalized spacial score (nSPS) is 15.5. The molecule has 2 aromatic rings. The lowest BCUT2D eigenvalue weighted by atomic mass is 9.97. The fraction of sp³-hybridized carbons (Fsp3) is 0.417. The van der Waals surface area contributed by atoms with Crippen LogP contribution < -0.4 is 10.2 Å². The fourth-order valence-corrected chi connectivity index (χ4v) is 3.79. The van der Waals surface area contributed by atoms with Crippen LogP contribution in [0.3, 0.4) is 0 Å². The number of nitrogens with zero attached hydrogens (tertiary/aromatic N) is 1. The first-order valence-electron chi connectivity index (χ1n) is 10.0. The summed E-state index contributed by atoms with van der Waals surface area (Å²) in [4.78, 5) is 26.4. The summed E-state index contributed by atoms with van der Waals surface area (Å²) in [5.74, 6) is 0.319. The zero-order valence-corrected chi connectivity index (χ0v) is 18.3. The Morgan fingerprint density at radius 2 is 1.69 bits per heavy atom. The topological polar surface area (TPSA) is 58.6 Å². The molecule has 1 N–H and O–H groups in total. The van der Waals surface area contributed by atoms with Gasteiger partial charge in [-0.05, 0) is 78.3 Å². The number of benzene rings is 2. The highest BCUT2D eigenvalue weighted by molar-refractivity contribution is 6.00. The van der Waals surface area contributed by atoms with Crippen LogP contribution in [-0.4, -0.2) is 28.5 Å². The molecule has 1 aliphatic rings. The molecular weight excluding hydrogens is 364 g/mol. The van der Waals surface area contributed by atoms with Crippen molar-refractivity contribution in [1.29, 1.82) is 0 Å². The van der Waals surface area contributed by atoms with Crippen molar-refractivity contribution >= 4 is 11.8 Å². The second-order valence-electron chi connectivity index (χ2n) is 8.98. The van der Waals surface area contributed by atoms with Gasteiger partial charge < -0.3 is 4.74 Å². The van der Waals surface area contributed by atoms with Crippen LogP contribution in [0.25, 0.3) is 0 Å². The van der Waals surface area contributed by atoms with E-state index in [1.165, 1.54) is 5.01 Å². The number of rotatable bonds is 2. The molecule has 0 bridgehead atoms. The van der Waals surface area contributed by atoms with Crippen molar-refractivity contribution < 1.29 is 14.3 Å². The minimum atomic E-state index is -0.596. The van der Waals surface area contributed by atoms with E-state index in [-0.39, 0.29) is 17.9 Å². The Hall–Kier alpha value is -2.82. The Balaban J connectivity index is 1.93. The van der Waals surface area contributed by atoms with Crippen molar-refractivity contribution in [3.63, 3.8) is 0 Å². The smallest absolute Gasteiger partial charge is 0.273 e. The lowest BCUT2D eigenvalue weighted by molar-refractivity contribution is 0.0358. The Morgan fingerprint density at radius 1 is 1.07 bits per heavy atom.